The summed E-state index contributed by atoms with van der Waals surface area (Å²) in [4.78, 5) is 28.1. The molecule has 0 unspecified atom stereocenters. The van der Waals surface area contributed by atoms with Crippen LogP contribution < -0.4 is 20.5 Å². The van der Waals surface area contributed by atoms with E-state index in [0.717, 1.165) is 17.4 Å². The topological polar surface area (TPSA) is 121 Å². The van der Waals surface area contributed by atoms with Gasteiger partial charge in [0, 0.05) is 32.3 Å². The Balaban J connectivity index is 1.57. The summed E-state index contributed by atoms with van der Waals surface area (Å²) in [6.45, 7) is 0.683. The van der Waals surface area contributed by atoms with Gasteiger partial charge >= 0.3 is 6.18 Å². The fraction of sp³-hybridized carbons (Fsp3) is 0.520. The van der Waals surface area contributed by atoms with Gasteiger partial charge < -0.3 is 19.9 Å². The van der Waals surface area contributed by atoms with Crippen LogP contribution in [0.4, 0.5) is 30.2 Å². The van der Waals surface area contributed by atoms with Crippen LogP contribution in [0.25, 0.3) is 0 Å². The molecule has 1 spiro atoms. The van der Waals surface area contributed by atoms with E-state index in [0.29, 0.717) is 24.2 Å². The quantitative estimate of drug-likeness (QED) is 0.412. The Bertz CT molecular complexity index is 1330. The second kappa shape index (κ2) is 11.0. The van der Waals surface area contributed by atoms with Crippen molar-refractivity contribution in [1.82, 2.24) is 4.57 Å². The number of rotatable bonds is 10. The number of anilines is 3. The van der Waals surface area contributed by atoms with Crippen LogP contribution in [0.15, 0.2) is 41.3 Å². The summed E-state index contributed by atoms with van der Waals surface area (Å²) < 4.78 is 65.4. The standard InChI is InChI=1S/C25H31F3N4O5S/c26-25(27,28)6-2-12-32-11-1-3-20(23(32)35)29-22(34)19-5-4-18(30-38(36,37)16-15-33)17-21(19)31-13-9-24(7-8-24)10-14-31/h1,3-5,11,17,30,33H,2,6-10,12-16H2,(H,29,34). The Morgan fingerprint density at radius 2 is 1.82 bits per heavy atom. The average Bonchev–Trinajstić information content (AvgIpc) is 3.59. The fourth-order valence-corrected chi connectivity index (χ4v) is 5.57. The van der Waals surface area contributed by atoms with Gasteiger partial charge in [-0.15, -0.1) is 0 Å². The summed E-state index contributed by atoms with van der Waals surface area (Å²) in [6.07, 6.45) is 0.0228. The lowest BCUT2D eigenvalue weighted by atomic mass is 9.93. The van der Waals surface area contributed by atoms with Gasteiger partial charge in [-0.2, -0.15) is 13.2 Å². The zero-order chi connectivity index (χ0) is 27.6. The lowest BCUT2D eigenvalue weighted by Gasteiger charge is -2.35. The number of aryl methyl sites for hydroxylation is 1. The van der Waals surface area contributed by atoms with Crippen LogP contribution in [0.3, 0.4) is 0 Å². The minimum Gasteiger partial charge on any atom is -0.395 e. The van der Waals surface area contributed by atoms with Gasteiger partial charge in [0.25, 0.3) is 11.5 Å². The smallest absolute Gasteiger partial charge is 0.389 e. The summed E-state index contributed by atoms with van der Waals surface area (Å²) >= 11 is 0. The predicted octanol–water partition coefficient (Wildman–Crippen LogP) is 3.56. The lowest BCUT2D eigenvalue weighted by molar-refractivity contribution is -0.135. The highest BCUT2D eigenvalue weighted by molar-refractivity contribution is 7.92. The van der Waals surface area contributed by atoms with Crippen LogP contribution >= 0.6 is 0 Å². The van der Waals surface area contributed by atoms with Crippen molar-refractivity contribution in [3.8, 4) is 0 Å². The number of carbonyl (C=O) groups is 1. The first-order valence-corrected chi connectivity index (χ1v) is 14.1. The molecule has 1 aliphatic carbocycles. The van der Waals surface area contributed by atoms with E-state index in [1.807, 2.05) is 4.90 Å². The zero-order valence-corrected chi connectivity index (χ0v) is 21.6. The van der Waals surface area contributed by atoms with E-state index >= 15 is 0 Å². The molecule has 1 saturated heterocycles. The Kier molecular flexibility index (Phi) is 8.07. The molecule has 208 valence electrons. The maximum Gasteiger partial charge on any atom is 0.389 e. The van der Waals surface area contributed by atoms with E-state index in [4.69, 9.17) is 5.11 Å². The van der Waals surface area contributed by atoms with Crippen molar-refractivity contribution >= 4 is 33.0 Å². The number of carbonyl (C=O) groups excluding carboxylic acids is 1. The Morgan fingerprint density at radius 1 is 1.11 bits per heavy atom. The number of aliphatic hydroxyl groups excluding tert-OH is 1. The number of halogens is 3. The first kappa shape index (κ1) is 28.0. The number of amides is 1. The van der Waals surface area contributed by atoms with E-state index in [9.17, 15) is 31.2 Å². The molecule has 0 bridgehead atoms. The van der Waals surface area contributed by atoms with E-state index in [1.165, 1.54) is 43.3 Å². The Morgan fingerprint density at radius 3 is 2.45 bits per heavy atom. The number of hydrogen-bond donors (Lipinski definition) is 3. The molecule has 1 aliphatic heterocycles. The van der Waals surface area contributed by atoms with Gasteiger partial charge in [-0.1, -0.05) is 0 Å². The average molecular weight is 557 g/mol. The van der Waals surface area contributed by atoms with Gasteiger partial charge in [0.1, 0.15) is 5.69 Å². The van der Waals surface area contributed by atoms with Crippen LogP contribution in [0.1, 0.15) is 48.9 Å². The van der Waals surface area contributed by atoms with Crippen molar-refractivity contribution in [3.05, 3.63) is 52.4 Å². The number of sulfonamides is 1. The molecule has 2 aliphatic rings. The van der Waals surface area contributed by atoms with E-state index in [2.05, 4.69) is 10.0 Å². The third kappa shape index (κ3) is 7.07. The molecule has 9 nitrogen and oxygen atoms in total. The molecule has 38 heavy (non-hydrogen) atoms. The van der Waals surface area contributed by atoms with Crippen LogP contribution in [0, 0.1) is 5.41 Å². The van der Waals surface area contributed by atoms with Gasteiger partial charge in [-0.05, 0) is 67.9 Å². The van der Waals surface area contributed by atoms with Crippen molar-refractivity contribution < 1.29 is 31.5 Å². The van der Waals surface area contributed by atoms with E-state index in [1.54, 1.807) is 6.07 Å². The maximum atomic E-state index is 13.3. The number of piperidine rings is 1. The molecule has 13 heteroatoms. The van der Waals surface area contributed by atoms with E-state index in [-0.39, 0.29) is 29.9 Å². The molecule has 1 aromatic carbocycles. The molecule has 0 radical (unpaired) electrons. The molecule has 1 amide bonds. The number of aromatic nitrogens is 1. The number of alkyl halides is 3. The van der Waals surface area contributed by atoms with Crippen LogP contribution in [-0.2, 0) is 16.6 Å². The van der Waals surface area contributed by atoms with Gasteiger partial charge in [0.15, 0.2) is 0 Å². The van der Waals surface area contributed by atoms with Crippen molar-refractivity contribution in [2.75, 3.05) is 40.4 Å². The highest BCUT2D eigenvalue weighted by Crippen LogP contribution is 2.54. The summed E-state index contributed by atoms with van der Waals surface area (Å²) in [5.41, 5.74) is 0.645. The molecule has 4 rings (SSSR count). The largest absolute Gasteiger partial charge is 0.395 e. The Hall–Kier alpha value is -3.06. The number of aliphatic hydroxyl groups is 1. The van der Waals surface area contributed by atoms with E-state index < -0.39 is 46.4 Å². The molecule has 1 saturated carbocycles. The molecular weight excluding hydrogens is 525 g/mol. The molecular formula is C25H31F3N4O5S. The summed E-state index contributed by atoms with van der Waals surface area (Å²) in [6, 6.07) is 7.32. The predicted molar refractivity (Wildman–Crippen MR) is 138 cm³/mol. The zero-order valence-electron chi connectivity index (χ0n) is 20.8. The maximum absolute atomic E-state index is 13.3. The number of benzene rings is 1. The minimum absolute atomic E-state index is 0.0706. The SMILES string of the molecule is O=C(Nc1cccn(CCCC(F)(F)F)c1=O)c1ccc(NS(=O)(=O)CCO)cc1N1CCC2(CC1)CC2. The molecule has 3 N–H and O–H groups in total. The lowest BCUT2D eigenvalue weighted by Crippen LogP contribution is -2.36. The molecule has 0 atom stereocenters. The van der Waals surface area contributed by atoms with Crippen molar-refractivity contribution in [2.24, 2.45) is 5.41 Å². The first-order chi connectivity index (χ1) is 17.9. The summed E-state index contributed by atoms with van der Waals surface area (Å²) in [5.74, 6) is -1.07. The fourth-order valence-electron chi connectivity index (χ4n) is 4.75. The normalized spacial score (nSPS) is 16.9. The number of nitrogens with one attached hydrogen (secondary N) is 2. The summed E-state index contributed by atoms with van der Waals surface area (Å²) in [7, 11) is -3.78. The summed E-state index contributed by atoms with van der Waals surface area (Å²) in [5, 5.41) is 11.6. The van der Waals surface area contributed by atoms with Gasteiger partial charge in [0.2, 0.25) is 10.0 Å². The van der Waals surface area contributed by atoms with Gasteiger partial charge in [0.05, 0.1) is 29.3 Å². The second-order valence-electron chi connectivity index (χ2n) is 9.96. The third-order valence-electron chi connectivity index (χ3n) is 7.13. The van der Waals surface area contributed by atoms with Crippen LogP contribution in [0.5, 0.6) is 0 Å². The number of hydrogen-bond acceptors (Lipinski definition) is 6. The number of nitrogens with zero attached hydrogens (tertiary/aromatic N) is 2. The number of pyridine rings is 1. The second-order valence-corrected chi connectivity index (χ2v) is 11.8. The highest BCUT2D eigenvalue weighted by Gasteiger charge is 2.44. The van der Waals surface area contributed by atoms with Crippen molar-refractivity contribution in [3.63, 3.8) is 0 Å². The highest BCUT2D eigenvalue weighted by atomic mass is 32.2. The molecule has 2 fully saturated rings. The van der Waals surface area contributed by atoms with Crippen LogP contribution in [0.2, 0.25) is 0 Å². The molecule has 1 aromatic heterocycles. The minimum atomic E-state index is -4.32. The first-order valence-electron chi connectivity index (χ1n) is 12.5. The monoisotopic (exact) mass is 556 g/mol. The Labute approximate surface area is 218 Å². The third-order valence-corrected chi connectivity index (χ3v) is 8.39. The van der Waals surface area contributed by atoms with Crippen molar-refractivity contribution in [2.45, 2.75) is 51.2 Å². The molecule has 2 heterocycles. The van der Waals surface area contributed by atoms with Crippen LogP contribution in [-0.4, -0.2) is 55.6 Å². The van der Waals surface area contributed by atoms with Gasteiger partial charge in [-0.3, -0.25) is 14.3 Å². The van der Waals surface area contributed by atoms with Gasteiger partial charge in [-0.25, -0.2) is 8.42 Å². The van der Waals surface area contributed by atoms with Crippen molar-refractivity contribution in [1.29, 1.82) is 0 Å². The molecule has 2 aromatic rings.